The Labute approximate surface area is 158 Å². The number of aryl methyl sites for hydroxylation is 1. The van der Waals surface area contributed by atoms with Gasteiger partial charge in [0, 0.05) is 18.4 Å². The van der Waals surface area contributed by atoms with Crippen molar-refractivity contribution in [3.05, 3.63) is 35.2 Å². The highest BCUT2D eigenvalue weighted by Crippen LogP contribution is 2.30. The van der Waals surface area contributed by atoms with Crippen molar-refractivity contribution in [2.45, 2.75) is 37.3 Å². The van der Waals surface area contributed by atoms with Crippen molar-refractivity contribution >= 4 is 38.9 Å². The van der Waals surface area contributed by atoms with Crippen LogP contribution in [-0.4, -0.2) is 35.6 Å². The Bertz CT molecular complexity index is 1020. The van der Waals surface area contributed by atoms with Crippen molar-refractivity contribution in [2.75, 3.05) is 5.75 Å². The summed E-state index contributed by atoms with van der Waals surface area (Å²) in [5, 5.41) is 32.2. The molecule has 0 spiro atoms. The second kappa shape index (κ2) is 7.43. The summed E-state index contributed by atoms with van der Waals surface area (Å²) < 4.78 is 1.97. The summed E-state index contributed by atoms with van der Waals surface area (Å²) in [6.45, 7) is 0.782. The van der Waals surface area contributed by atoms with E-state index in [2.05, 4.69) is 26.2 Å². The summed E-state index contributed by atoms with van der Waals surface area (Å²) in [6, 6.07) is 4.07. The normalized spacial score (nSPS) is 15.2. The van der Waals surface area contributed by atoms with Crippen LogP contribution < -0.4 is 0 Å². The van der Waals surface area contributed by atoms with Gasteiger partial charge in [-0.05, 0) is 24.3 Å². The zero-order valence-electron chi connectivity index (χ0n) is 13.9. The molecule has 0 aliphatic carbocycles. The Morgan fingerprint density at radius 3 is 3.12 bits per heavy atom. The topological polar surface area (TPSA) is 101 Å². The number of allylic oxidation sites excluding steroid dienone is 1. The van der Waals surface area contributed by atoms with Crippen molar-refractivity contribution in [1.82, 2.24) is 24.7 Å². The smallest absolute Gasteiger partial charge is 0.178 e. The largest absolute Gasteiger partial charge is 0.510 e. The van der Waals surface area contributed by atoms with Crippen LogP contribution in [0.25, 0.3) is 15.8 Å². The van der Waals surface area contributed by atoms with Crippen molar-refractivity contribution in [3.8, 4) is 6.07 Å². The first kappa shape index (κ1) is 17.0. The summed E-state index contributed by atoms with van der Waals surface area (Å²) >= 11 is 2.93. The number of nitrogens with zero attached hydrogens (tertiary/aromatic N) is 6. The molecular formula is C17H16N6OS2. The number of hydrogen-bond acceptors (Lipinski definition) is 8. The second-order valence-electron chi connectivity index (χ2n) is 5.94. The second-order valence-corrected chi connectivity index (χ2v) is 7.80. The van der Waals surface area contributed by atoms with E-state index in [0.717, 1.165) is 53.3 Å². The maximum atomic E-state index is 10.6. The first-order valence-electron chi connectivity index (χ1n) is 8.33. The molecule has 4 heterocycles. The molecule has 0 aromatic carbocycles. The van der Waals surface area contributed by atoms with Crippen LogP contribution in [0.2, 0.25) is 0 Å². The van der Waals surface area contributed by atoms with E-state index in [1.807, 2.05) is 16.0 Å². The molecule has 0 bridgehead atoms. The molecule has 26 heavy (non-hydrogen) atoms. The Morgan fingerprint density at radius 2 is 2.23 bits per heavy atom. The maximum absolute atomic E-state index is 10.6. The monoisotopic (exact) mass is 384 g/mol. The molecule has 4 rings (SSSR count). The van der Waals surface area contributed by atoms with E-state index in [1.54, 1.807) is 11.3 Å². The SMILES string of the molecule is N#C/C(=C(/O)CSc1ncnc2sccc12)c1nnc2n1CCCCC2. The average Bonchev–Trinajstić information content (AvgIpc) is 3.22. The van der Waals surface area contributed by atoms with Crippen molar-refractivity contribution in [2.24, 2.45) is 0 Å². The van der Waals surface area contributed by atoms with Crippen LogP contribution in [0, 0.1) is 11.3 Å². The van der Waals surface area contributed by atoms with Gasteiger partial charge >= 0.3 is 0 Å². The Morgan fingerprint density at radius 1 is 1.31 bits per heavy atom. The van der Waals surface area contributed by atoms with Crippen LogP contribution in [0.1, 0.15) is 30.9 Å². The van der Waals surface area contributed by atoms with Gasteiger partial charge in [0.05, 0.1) is 5.75 Å². The van der Waals surface area contributed by atoms with Gasteiger partial charge in [-0.15, -0.1) is 21.5 Å². The van der Waals surface area contributed by atoms with Gasteiger partial charge in [-0.2, -0.15) is 5.26 Å². The molecule has 1 aliphatic rings. The third kappa shape index (κ3) is 3.18. The molecule has 7 nitrogen and oxygen atoms in total. The molecule has 9 heteroatoms. The predicted molar refractivity (Wildman–Crippen MR) is 101 cm³/mol. The fourth-order valence-corrected chi connectivity index (χ4v) is 4.66. The molecule has 0 amide bonds. The summed E-state index contributed by atoms with van der Waals surface area (Å²) in [7, 11) is 0. The summed E-state index contributed by atoms with van der Waals surface area (Å²) in [5.41, 5.74) is 0.189. The number of fused-ring (bicyclic) bond motifs is 2. The lowest BCUT2D eigenvalue weighted by Gasteiger charge is -2.08. The minimum Gasteiger partial charge on any atom is -0.510 e. The molecule has 0 fully saturated rings. The van der Waals surface area contributed by atoms with E-state index in [4.69, 9.17) is 0 Å². The van der Waals surface area contributed by atoms with Gasteiger partial charge in [-0.25, -0.2) is 9.97 Å². The van der Waals surface area contributed by atoms with Gasteiger partial charge in [0.25, 0.3) is 0 Å². The molecule has 3 aromatic heterocycles. The Kier molecular flexibility index (Phi) is 4.86. The first-order chi connectivity index (χ1) is 12.8. The lowest BCUT2D eigenvalue weighted by atomic mass is 10.2. The summed E-state index contributed by atoms with van der Waals surface area (Å²) in [5.74, 6) is 1.60. The highest BCUT2D eigenvalue weighted by Gasteiger charge is 2.21. The van der Waals surface area contributed by atoms with Crippen LogP contribution in [-0.2, 0) is 13.0 Å². The van der Waals surface area contributed by atoms with E-state index in [1.165, 1.54) is 18.1 Å². The molecule has 0 saturated heterocycles. The third-order valence-corrected chi connectivity index (χ3v) is 6.14. The minimum atomic E-state index is -0.000983. The molecule has 3 aromatic rings. The van der Waals surface area contributed by atoms with E-state index >= 15 is 0 Å². The van der Waals surface area contributed by atoms with E-state index in [-0.39, 0.29) is 17.1 Å². The van der Waals surface area contributed by atoms with Crippen LogP contribution in [0.15, 0.2) is 28.6 Å². The number of aliphatic hydroxyl groups is 1. The highest BCUT2D eigenvalue weighted by atomic mass is 32.2. The average molecular weight is 384 g/mol. The Hall–Kier alpha value is -2.44. The molecule has 1 N–H and O–H groups in total. The van der Waals surface area contributed by atoms with Gasteiger partial charge in [0.15, 0.2) is 5.82 Å². The van der Waals surface area contributed by atoms with E-state index in [9.17, 15) is 10.4 Å². The van der Waals surface area contributed by atoms with Crippen LogP contribution in [0.3, 0.4) is 0 Å². The number of aromatic nitrogens is 5. The molecular weight excluding hydrogens is 368 g/mol. The standard InChI is InChI=1S/C17H16N6OS2/c18-8-12(15-22-21-14-4-2-1-3-6-23(14)15)13(24)9-26-17-11-5-7-25-16(11)19-10-20-17/h5,7,10,24H,1-4,6,9H2/b13-12-. The molecule has 132 valence electrons. The van der Waals surface area contributed by atoms with Gasteiger partial charge in [0.2, 0.25) is 0 Å². The number of thioether (sulfide) groups is 1. The van der Waals surface area contributed by atoms with Crippen LogP contribution in [0.5, 0.6) is 0 Å². The Balaban J connectivity index is 1.61. The van der Waals surface area contributed by atoms with E-state index < -0.39 is 0 Å². The quantitative estimate of drug-likeness (QED) is 0.317. The van der Waals surface area contributed by atoms with Crippen molar-refractivity contribution < 1.29 is 5.11 Å². The number of thiophene rings is 1. The van der Waals surface area contributed by atoms with Crippen LogP contribution in [0.4, 0.5) is 0 Å². The van der Waals surface area contributed by atoms with Crippen molar-refractivity contribution in [1.29, 1.82) is 5.26 Å². The number of aliphatic hydroxyl groups excluding tert-OH is 1. The summed E-state index contributed by atoms with van der Waals surface area (Å²) in [4.78, 5) is 9.43. The lowest BCUT2D eigenvalue weighted by Crippen LogP contribution is -2.07. The fourth-order valence-electron chi connectivity index (χ4n) is 3.00. The van der Waals surface area contributed by atoms with E-state index in [0.29, 0.717) is 5.82 Å². The highest BCUT2D eigenvalue weighted by molar-refractivity contribution is 7.99. The molecule has 1 aliphatic heterocycles. The number of rotatable bonds is 4. The van der Waals surface area contributed by atoms with Gasteiger partial charge in [0.1, 0.15) is 39.4 Å². The van der Waals surface area contributed by atoms with Gasteiger partial charge in [-0.3, -0.25) is 0 Å². The molecule has 0 radical (unpaired) electrons. The zero-order chi connectivity index (χ0) is 17.9. The van der Waals surface area contributed by atoms with Crippen LogP contribution >= 0.6 is 23.1 Å². The summed E-state index contributed by atoms with van der Waals surface area (Å²) in [6.07, 6.45) is 5.63. The first-order valence-corrected chi connectivity index (χ1v) is 10.2. The zero-order valence-corrected chi connectivity index (χ0v) is 15.6. The molecule has 0 unspecified atom stereocenters. The number of hydrogen-bond donors (Lipinski definition) is 1. The molecule has 0 atom stereocenters. The third-order valence-electron chi connectivity index (χ3n) is 4.30. The van der Waals surface area contributed by atoms with Crippen molar-refractivity contribution in [3.63, 3.8) is 0 Å². The maximum Gasteiger partial charge on any atom is 0.178 e. The number of nitriles is 1. The molecule has 0 saturated carbocycles. The van der Waals surface area contributed by atoms with Gasteiger partial charge < -0.3 is 9.67 Å². The predicted octanol–water partition coefficient (Wildman–Crippen LogP) is 3.59. The fraction of sp³-hybridized carbons (Fsp3) is 0.353. The van der Waals surface area contributed by atoms with Gasteiger partial charge in [-0.1, -0.05) is 18.2 Å². The minimum absolute atomic E-state index is 0.000983. The lowest BCUT2D eigenvalue weighted by molar-refractivity contribution is 0.420.